The summed E-state index contributed by atoms with van der Waals surface area (Å²) in [5.74, 6) is -0.495. The second-order valence-electron chi connectivity index (χ2n) is 5.60. The van der Waals surface area contributed by atoms with E-state index >= 15 is 0 Å². The molecule has 0 unspecified atom stereocenters. The number of pyridine rings is 1. The van der Waals surface area contributed by atoms with Crippen molar-refractivity contribution in [1.82, 2.24) is 19.5 Å². The molecule has 3 rings (SSSR count). The highest BCUT2D eigenvalue weighted by atomic mass is 32.2. The van der Waals surface area contributed by atoms with Crippen LogP contribution in [0.2, 0.25) is 0 Å². The van der Waals surface area contributed by atoms with Gasteiger partial charge in [0.05, 0.1) is 17.1 Å². The lowest BCUT2D eigenvalue weighted by Gasteiger charge is -2.10. The first-order valence-corrected chi connectivity index (χ1v) is 9.52. The zero-order valence-corrected chi connectivity index (χ0v) is 15.1. The Kier molecular flexibility index (Phi) is 5.66. The molecule has 0 saturated carbocycles. The number of nitrogens with zero attached hydrogens (tertiary/aromatic N) is 3. The molecular formula is C17H15F3N4O3S. The van der Waals surface area contributed by atoms with Gasteiger partial charge in [0.15, 0.2) is 0 Å². The zero-order valence-electron chi connectivity index (χ0n) is 14.3. The minimum atomic E-state index is -4.84. The molecule has 7 nitrogen and oxygen atoms in total. The summed E-state index contributed by atoms with van der Waals surface area (Å²) in [5.41, 5.74) is 1.35. The van der Waals surface area contributed by atoms with Crippen molar-refractivity contribution in [1.29, 1.82) is 0 Å². The average molecular weight is 412 g/mol. The van der Waals surface area contributed by atoms with E-state index in [0.29, 0.717) is 11.4 Å². The maximum atomic E-state index is 12.2. The number of aromatic nitrogens is 3. The molecule has 2 aromatic heterocycles. The van der Waals surface area contributed by atoms with Gasteiger partial charge >= 0.3 is 6.36 Å². The Bertz CT molecular complexity index is 1020. The molecule has 148 valence electrons. The van der Waals surface area contributed by atoms with E-state index in [2.05, 4.69) is 19.5 Å². The van der Waals surface area contributed by atoms with Crippen molar-refractivity contribution in [2.75, 3.05) is 6.54 Å². The van der Waals surface area contributed by atoms with Crippen LogP contribution in [-0.2, 0) is 16.6 Å². The standard InChI is InChI=1S/C17H15F3N4O3S/c18-17(19,20)27-13-4-6-14(7-5-13)28(25,26)22-10-12-24-11-8-16(23-24)15-3-1-2-9-21-15/h1-9,11,22H,10,12H2. The van der Waals surface area contributed by atoms with Crippen LogP contribution in [0.3, 0.4) is 0 Å². The Labute approximate surface area is 158 Å². The Balaban J connectivity index is 1.57. The van der Waals surface area contributed by atoms with Gasteiger partial charge in [0.2, 0.25) is 10.0 Å². The lowest BCUT2D eigenvalue weighted by molar-refractivity contribution is -0.274. The highest BCUT2D eigenvalue weighted by molar-refractivity contribution is 7.89. The SMILES string of the molecule is O=S(=O)(NCCn1ccc(-c2ccccn2)n1)c1ccc(OC(F)(F)F)cc1. The van der Waals surface area contributed by atoms with Gasteiger partial charge in [0.1, 0.15) is 11.4 Å². The fourth-order valence-corrected chi connectivity index (χ4v) is 3.36. The third-order valence-corrected chi connectivity index (χ3v) is 5.05. The summed E-state index contributed by atoms with van der Waals surface area (Å²) in [4.78, 5) is 4.01. The number of benzene rings is 1. The molecule has 1 N–H and O–H groups in total. The van der Waals surface area contributed by atoms with Crippen LogP contribution in [0.25, 0.3) is 11.4 Å². The van der Waals surface area contributed by atoms with E-state index in [1.54, 1.807) is 29.2 Å². The molecule has 0 radical (unpaired) electrons. The lowest BCUT2D eigenvalue weighted by atomic mass is 10.3. The summed E-state index contributed by atoms with van der Waals surface area (Å²) >= 11 is 0. The molecule has 1 aromatic carbocycles. The van der Waals surface area contributed by atoms with Crippen molar-refractivity contribution < 1.29 is 26.3 Å². The topological polar surface area (TPSA) is 86.1 Å². The summed E-state index contributed by atoms with van der Waals surface area (Å²) in [6.07, 6.45) is -1.49. The maximum Gasteiger partial charge on any atom is 0.573 e. The van der Waals surface area contributed by atoms with Crippen LogP contribution < -0.4 is 9.46 Å². The molecule has 0 atom stereocenters. The first-order valence-electron chi connectivity index (χ1n) is 8.03. The Morgan fingerprint density at radius 3 is 2.43 bits per heavy atom. The summed E-state index contributed by atoms with van der Waals surface area (Å²) in [6.45, 7) is 0.313. The molecule has 0 spiro atoms. The highest BCUT2D eigenvalue weighted by Gasteiger charge is 2.31. The van der Waals surface area contributed by atoms with Crippen LogP contribution >= 0.6 is 0 Å². The van der Waals surface area contributed by atoms with E-state index in [-0.39, 0.29) is 18.0 Å². The Hall–Kier alpha value is -2.92. The van der Waals surface area contributed by atoms with Crippen LogP contribution in [0.4, 0.5) is 13.2 Å². The smallest absolute Gasteiger partial charge is 0.406 e. The summed E-state index contributed by atoms with van der Waals surface area (Å²) in [7, 11) is -3.88. The normalized spacial score (nSPS) is 12.1. The number of alkyl halides is 3. The van der Waals surface area contributed by atoms with Gasteiger partial charge < -0.3 is 4.74 Å². The quantitative estimate of drug-likeness (QED) is 0.645. The van der Waals surface area contributed by atoms with Crippen LogP contribution in [0.5, 0.6) is 5.75 Å². The molecule has 2 heterocycles. The highest BCUT2D eigenvalue weighted by Crippen LogP contribution is 2.23. The molecule has 3 aromatic rings. The average Bonchev–Trinajstić information content (AvgIpc) is 3.10. The number of ether oxygens (including phenoxy) is 1. The van der Waals surface area contributed by atoms with Crippen LogP contribution in [-0.4, -0.2) is 36.1 Å². The van der Waals surface area contributed by atoms with E-state index < -0.39 is 22.1 Å². The van der Waals surface area contributed by atoms with Crippen LogP contribution in [0.1, 0.15) is 0 Å². The van der Waals surface area contributed by atoms with E-state index in [1.807, 2.05) is 12.1 Å². The molecular weight excluding hydrogens is 397 g/mol. The predicted octanol–water partition coefficient (Wildman–Crippen LogP) is 2.82. The van der Waals surface area contributed by atoms with Crippen molar-refractivity contribution in [3.8, 4) is 17.1 Å². The van der Waals surface area contributed by atoms with Crippen LogP contribution in [0, 0.1) is 0 Å². The molecule has 0 aliphatic heterocycles. The molecule has 28 heavy (non-hydrogen) atoms. The monoisotopic (exact) mass is 412 g/mol. The van der Waals surface area contributed by atoms with Gasteiger partial charge in [-0.25, -0.2) is 13.1 Å². The summed E-state index contributed by atoms with van der Waals surface area (Å²) in [5, 5.41) is 4.31. The van der Waals surface area contributed by atoms with Gasteiger partial charge in [0.25, 0.3) is 0 Å². The number of nitrogens with one attached hydrogen (secondary N) is 1. The number of halogens is 3. The van der Waals surface area contributed by atoms with Gasteiger partial charge in [0, 0.05) is 18.9 Å². The van der Waals surface area contributed by atoms with E-state index in [1.165, 1.54) is 0 Å². The van der Waals surface area contributed by atoms with E-state index in [9.17, 15) is 21.6 Å². The maximum absolute atomic E-state index is 12.2. The minimum Gasteiger partial charge on any atom is -0.406 e. The fourth-order valence-electron chi connectivity index (χ4n) is 2.34. The number of rotatable bonds is 7. The Morgan fingerprint density at radius 1 is 1.04 bits per heavy atom. The number of sulfonamides is 1. The third-order valence-electron chi connectivity index (χ3n) is 3.57. The lowest BCUT2D eigenvalue weighted by Crippen LogP contribution is -2.27. The zero-order chi connectivity index (χ0) is 20.2. The van der Waals surface area contributed by atoms with E-state index in [4.69, 9.17) is 0 Å². The van der Waals surface area contributed by atoms with E-state index in [0.717, 1.165) is 24.3 Å². The van der Waals surface area contributed by atoms with Crippen molar-refractivity contribution in [3.05, 3.63) is 60.9 Å². The predicted molar refractivity (Wildman–Crippen MR) is 93.8 cm³/mol. The molecule has 0 saturated heterocycles. The second kappa shape index (κ2) is 7.98. The summed E-state index contributed by atoms with van der Waals surface area (Å²) < 4.78 is 68.6. The van der Waals surface area contributed by atoms with Gasteiger partial charge in [-0.2, -0.15) is 5.10 Å². The first kappa shape index (κ1) is 19.8. The molecule has 0 bridgehead atoms. The van der Waals surface area contributed by atoms with Crippen LogP contribution in [0.15, 0.2) is 65.8 Å². The van der Waals surface area contributed by atoms with Gasteiger partial charge in [-0.1, -0.05) is 6.07 Å². The van der Waals surface area contributed by atoms with Gasteiger partial charge in [-0.15, -0.1) is 13.2 Å². The Morgan fingerprint density at radius 2 is 1.79 bits per heavy atom. The summed E-state index contributed by atoms with van der Waals surface area (Å²) in [6, 6.07) is 11.1. The first-order chi connectivity index (χ1) is 13.2. The number of hydrogen-bond donors (Lipinski definition) is 1. The molecule has 11 heteroatoms. The van der Waals surface area contributed by atoms with Crippen molar-refractivity contribution >= 4 is 10.0 Å². The molecule has 0 amide bonds. The molecule has 0 aliphatic rings. The fraction of sp³-hybridized carbons (Fsp3) is 0.176. The van der Waals surface area contributed by atoms with Crippen molar-refractivity contribution in [2.45, 2.75) is 17.8 Å². The van der Waals surface area contributed by atoms with Crippen molar-refractivity contribution in [3.63, 3.8) is 0 Å². The second-order valence-corrected chi connectivity index (χ2v) is 7.36. The molecule has 0 aliphatic carbocycles. The molecule has 0 fully saturated rings. The minimum absolute atomic E-state index is 0.0481. The van der Waals surface area contributed by atoms with Gasteiger partial charge in [-0.3, -0.25) is 9.67 Å². The third kappa shape index (κ3) is 5.30. The van der Waals surface area contributed by atoms with Crippen molar-refractivity contribution in [2.24, 2.45) is 0 Å². The number of hydrogen-bond acceptors (Lipinski definition) is 5. The van der Waals surface area contributed by atoms with Gasteiger partial charge in [-0.05, 0) is 42.5 Å². The largest absolute Gasteiger partial charge is 0.573 e.